The molecule has 7 rings (SSSR count). The summed E-state index contributed by atoms with van der Waals surface area (Å²) >= 11 is 0. The van der Waals surface area contributed by atoms with Crippen molar-refractivity contribution < 1.29 is 90.5 Å². The van der Waals surface area contributed by atoms with Crippen LogP contribution < -0.4 is 9.47 Å². The van der Waals surface area contributed by atoms with Crippen molar-refractivity contribution in [2.75, 3.05) is 0 Å². The first kappa shape index (κ1) is 36.9. The van der Waals surface area contributed by atoms with E-state index in [2.05, 4.69) is 0 Å². The smallest absolute Gasteiger partial charge is 0.338 e. The normalized spacial score (nSPS) is 18.6. The van der Waals surface area contributed by atoms with Gasteiger partial charge in [0.05, 0.1) is 11.7 Å². The molecule has 0 bridgehead atoms. The van der Waals surface area contributed by atoms with Crippen molar-refractivity contribution in [1.82, 2.24) is 0 Å². The number of ether oxygens (including phenoxy) is 3. The number of phenols is 13. The van der Waals surface area contributed by atoms with E-state index in [1.807, 2.05) is 0 Å². The SMILES string of the molecule is O=C(OC1Cc2c(O)cc(O)c(Cc3c(O)cc(O)c4c3OC(c3cc(O)c(O)c(O)c3)C(O)C4)c2OC1c1cc(O)c(O)c(O)c1)c1cc(O)c(O)c(O)c1. The zero-order chi connectivity index (χ0) is 40.5. The summed E-state index contributed by atoms with van der Waals surface area (Å²) in [7, 11) is 0. The minimum atomic E-state index is -1.50. The van der Waals surface area contributed by atoms with E-state index in [0.717, 1.165) is 48.5 Å². The van der Waals surface area contributed by atoms with Crippen molar-refractivity contribution in [1.29, 1.82) is 0 Å². The molecule has 0 spiro atoms. The zero-order valence-corrected chi connectivity index (χ0v) is 28.4. The number of hydrogen-bond donors (Lipinski definition) is 14. The van der Waals surface area contributed by atoms with Gasteiger partial charge in [0.1, 0.15) is 40.6 Å². The van der Waals surface area contributed by atoms with Crippen molar-refractivity contribution in [3.05, 3.63) is 87.5 Å². The summed E-state index contributed by atoms with van der Waals surface area (Å²) in [5, 5.41) is 146. The van der Waals surface area contributed by atoms with Gasteiger partial charge < -0.3 is 85.7 Å². The van der Waals surface area contributed by atoms with E-state index in [0.29, 0.717) is 0 Å². The number of benzene rings is 5. The van der Waals surface area contributed by atoms with E-state index in [-0.39, 0.29) is 51.3 Å². The Bertz CT molecular complexity index is 2370. The minimum absolute atomic E-state index is 0.000473. The zero-order valence-electron chi connectivity index (χ0n) is 28.4. The highest BCUT2D eigenvalue weighted by molar-refractivity contribution is 5.91. The van der Waals surface area contributed by atoms with Crippen LogP contribution in [-0.4, -0.2) is 89.7 Å². The quantitative estimate of drug-likeness (QED) is 0.0868. The van der Waals surface area contributed by atoms with Gasteiger partial charge in [-0.05, 0) is 36.4 Å². The lowest BCUT2D eigenvalue weighted by Crippen LogP contribution is -2.35. The van der Waals surface area contributed by atoms with Crippen LogP contribution in [0.25, 0.3) is 0 Å². The largest absolute Gasteiger partial charge is 0.507 e. The fourth-order valence-electron chi connectivity index (χ4n) is 6.85. The standard InChI is InChI=1S/C38H32O18/c39-19-10-21(41)17-8-29(49)34(12-1-23(43)31(50)24(44)2-12)55-36(17)15(19)7-16-20(40)11-22(42)18-9-30(54-38(53)14-5-27(47)33(52)28(48)6-14)35(56-37(16)18)13-3-25(45)32(51)26(46)4-13/h1-6,10-11,29-30,34-35,39-52H,7-9H2. The van der Waals surface area contributed by atoms with Gasteiger partial charge in [0, 0.05) is 64.8 Å². The van der Waals surface area contributed by atoms with Crippen LogP contribution in [0, 0.1) is 0 Å². The van der Waals surface area contributed by atoms with Crippen molar-refractivity contribution in [2.45, 2.75) is 43.7 Å². The Morgan fingerprint density at radius 1 is 0.518 bits per heavy atom. The van der Waals surface area contributed by atoms with E-state index in [1.54, 1.807) is 0 Å². The van der Waals surface area contributed by atoms with Gasteiger partial charge >= 0.3 is 5.97 Å². The average Bonchev–Trinajstić information content (AvgIpc) is 3.13. The van der Waals surface area contributed by atoms with Crippen LogP contribution in [0.3, 0.4) is 0 Å². The highest BCUT2D eigenvalue weighted by Gasteiger charge is 2.41. The average molecular weight is 777 g/mol. The lowest BCUT2D eigenvalue weighted by Gasteiger charge is -2.36. The predicted molar refractivity (Wildman–Crippen MR) is 186 cm³/mol. The van der Waals surface area contributed by atoms with Crippen LogP contribution in [0.1, 0.15) is 55.9 Å². The third kappa shape index (κ3) is 6.22. The molecule has 2 aliphatic rings. The second-order valence-corrected chi connectivity index (χ2v) is 13.3. The van der Waals surface area contributed by atoms with Gasteiger partial charge in [0.15, 0.2) is 64.0 Å². The first-order valence-corrected chi connectivity index (χ1v) is 16.5. The van der Waals surface area contributed by atoms with Crippen molar-refractivity contribution in [3.63, 3.8) is 0 Å². The summed E-state index contributed by atoms with van der Waals surface area (Å²) in [5.74, 6) is -11.2. The molecule has 4 atom stereocenters. The first-order chi connectivity index (χ1) is 26.4. The van der Waals surface area contributed by atoms with Crippen molar-refractivity contribution in [2.24, 2.45) is 0 Å². The molecule has 56 heavy (non-hydrogen) atoms. The molecule has 0 saturated carbocycles. The summed E-state index contributed by atoms with van der Waals surface area (Å²) < 4.78 is 18.0. The Kier molecular flexibility index (Phi) is 8.84. The molecular weight excluding hydrogens is 744 g/mol. The molecule has 0 aromatic heterocycles. The second-order valence-electron chi connectivity index (χ2n) is 13.3. The summed E-state index contributed by atoms with van der Waals surface area (Å²) in [5.41, 5.74) is -0.785. The van der Waals surface area contributed by atoms with Gasteiger partial charge in [-0.3, -0.25) is 0 Å². The highest BCUT2D eigenvalue weighted by Crippen LogP contribution is 2.52. The molecule has 18 nitrogen and oxygen atoms in total. The van der Waals surface area contributed by atoms with E-state index in [9.17, 15) is 76.3 Å². The maximum absolute atomic E-state index is 13.3. The topological polar surface area (TPSA) is 328 Å². The van der Waals surface area contributed by atoms with Crippen LogP contribution >= 0.6 is 0 Å². The summed E-state index contributed by atoms with van der Waals surface area (Å²) in [6, 6.07) is 7.53. The highest BCUT2D eigenvalue weighted by atomic mass is 16.6. The van der Waals surface area contributed by atoms with Gasteiger partial charge in [-0.2, -0.15) is 0 Å². The number of hydrogen-bond acceptors (Lipinski definition) is 18. The monoisotopic (exact) mass is 776 g/mol. The van der Waals surface area contributed by atoms with Gasteiger partial charge in [0.2, 0.25) is 0 Å². The number of aliphatic hydroxyl groups excluding tert-OH is 1. The van der Waals surface area contributed by atoms with Crippen molar-refractivity contribution in [3.8, 4) is 86.2 Å². The fraction of sp³-hybridized carbons (Fsp3) is 0.184. The predicted octanol–water partition coefficient (Wildman–Crippen LogP) is 3.39. The number of rotatable bonds is 6. The number of aliphatic hydroxyl groups is 1. The lowest BCUT2D eigenvalue weighted by molar-refractivity contribution is -0.0192. The summed E-state index contributed by atoms with van der Waals surface area (Å²) in [6.07, 6.45) is -6.84. The number of fused-ring (bicyclic) bond motifs is 2. The van der Waals surface area contributed by atoms with E-state index >= 15 is 0 Å². The minimum Gasteiger partial charge on any atom is -0.507 e. The van der Waals surface area contributed by atoms with Gasteiger partial charge in [-0.15, -0.1) is 0 Å². The number of carbonyl (C=O) groups excluding carboxylic acids is 1. The molecule has 5 aromatic rings. The molecule has 4 unspecified atom stereocenters. The molecule has 2 heterocycles. The molecule has 18 heteroatoms. The Balaban J connectivity index is 1.32. The molecule has 0 radical (unpaired) electrons. The number of aromatic hydroxyl groups is 13. The third-order valence-corrected chi connectivity index (χ3v) is 9.63. The molecule has 292 valence electrons. The van der Waals surface area contributed by atoms with Gasteiger partial charge in [-0.1, -0.05) is 0 Å². The van der Waals surface area contributed by atoms with Crippen LogP contribution in [0.2, 0.25) is 0 Å². The van der Waals surface area contributed by atoms with Crippen molar-refractivity contribution >= 4 is 5.97 Å². The summed E-state index contributed by atoms with van der Waals surface area (Å²) in [6.45, 7) is 0. The molecule has 0 fully saturated rings. The molecule has 0 amide bonds. The second kappa shape index (κ2) is 13.4. The molecule has 2 aliphatic heterocycles. The molecular formula is C38H32O18. The number of carbonyl (C=O) groups is 1. The molecule has 14 N–H and O–H groups in total. The first-order valence-electron chi connectivity index (χ1n) is 16.5. The van der Waals surface area contributed by atoms with Crippen LogP contribution in [0.5, 0.6) is 86.2 Å². The van der Waals surface area contributed by atoms with Crippen LogP contribution in [0.4, 0.5) is 0 Å². The van der Waals surface area contributed by atoms with Crippen LogP contribution in [-0.2, 0) is 24.0 Å². The lowest BCUT2D eigenvalue weighted by atomic mass is 9.88. The Morgan fingerprint density at radius 3 is 1.38 bits per heavy atom. The van der Waals surface area contributed by atoms with E-state index in [4.69, 9.17) is 14.2 Å². The fourth-order valence-corrected chi connectivity index (χ4v) is 6.85. The molecule has 5 aromatic carbocycles. The van der Waals surface area contributed by atoms with Crippen LogP contribution in [0.15, 0.2) is 48.5 Å². The maximum Gasteiger partial charge on any atom is 0.338 e. The number of esters is 1. The summed E-state index contributed by atoms with van der Waals surface area (Å²) in [4.78, 5) is 13.3. The van der Waals surface area contributed by atoms with E-state index in [1.165, 1.54) is 0 Å². The molecule has 0 saturated heterocycles. The Morgan fingerprint density at radius 2 is 0.911 bits per heavy atom. The number of phenolic OH excluding ortho intramolecular Hbond substituents is 13. The van der Waals surface area contributed by atoms with Gasteiger partial charge in [-0.25, -0.2) is 4.79 Å². The Hall–Kier alpha value is -7.47. The van der Waals surface area contributed by atoms with E-state index < -0.39 is 124 Å². The molecule has 0 aliphatic carbocycles. The Labute approximate surface area is 313 Å². The third-order valence-electron chi connectivity index (χ3n) is 9.63. The maximum atomic E-state index is 13.3. The van der Waals surface area contributed by atoms with Gasteiger partial charge in [0.25, 0.3) is 0 Å².